The lowest BCUT2D eigenvalue weighted by molar-refractivity contribution is 0.147. The smallest absolute Gasteiger partial charge is 0.267 e. The molecule has 0 aromatic rings. The number of hydrogen-bond acceptors (Lipinski definition) is 3. The van der Waals surface area contributed by atoms with E-state index in [0.29, 0.717) is 12.8 Å². The molecule has 140 valence electrons. The van der Waals surface area contributed by atoms with Crippen molar-refractivity contribution in [3.8, 4) is 0 Å². The van der Waals surface area contributed by atoms with Crippen molar-refractivity contribution in [1.82, 2.24) is 0 Å². The maximum absolute atomic E-state index is 11.2. The molecule has 5 heteroatoms. The van der Waals surface area contributed by atoms with Gasteiger partial charge in [-0.1, -0.05) is 78.1 Å². The normalized spacial score (nSPS) is 14.8. The van der Waals surface area contributed by atoms with Gasteiger partial charge in [0.2, 0.25) is 0 Å². The highest BCUT2D eigenvalue weighted by Gasteiger charge is 2.21. The molecule has 23 heavy (non-hydrogen) atoms. The van der Waals surface area contributed by atoms with E-state index < -0.39 is 15.4 Å². The summed E-state index contributed by atoms with van der Waals surface area (Å²) in [5, 5.41) is 9.33. The molecule has 2 unspecified atom stereocenters. The third kappa shape index (κ3) is 14.0. The quantitative estimate of drug-likeness (QED) is 0.300. The maximum atomic E-state index is 11.2. The van der Waals surface area contributed by atoms with Crippen molar-refractivity contribution in [1.29, 1.82) is 0 Å². The van der Waals surface area contributed by atoms with E-state index in [1.807, 2.05) is 6.92 Å². The van der Waals surface area contributed by atoms with Crippen LogP contribution in [0.1, 0.15) is 104 Å². The average Bonchev–Trinajstić information content (AvgIpc) is 2.48. The average molecular weight is 351 g/mol. The van der Waals surface area contributed by atoms with Crippen molar-refractivity contribution in [2.45, 2.75) is 115 Å². The van der Waals surface area contributed by atoms with Crippen LogP contribution < -0.4 is 0 Å². The van der Waals surface area contributed by atoms with Crippen LogP contribution in [0.5, 0.6) is 0 Å². The molecule has 0 aromatic heterocycles. The van der Waals surface area contributed by atoms with Crippen LogP contribution in [0.4, 0.5) is 0 Å². The number of rotatable bonds is 16. The summed E-state index contributed by atoms with van der Waals surface area (Å²) in [6.45, 7) is 4.14. The van der Waals surface area contributed by atoms with Gasteiger partial charge in [0.15, 0.2) is 0 Å². The highest BCUT2D eigenvalue weighted by atomic mass is 32.2. The van der Waals surface area contributed by atoms with Crippen LogP contribution in [0.2, 0.25) is 0 Å². The van der Waals surface area contributed by atoms with Gasteiger partial charge in [-0.05, 0) is 25.7 Å². The van der Waals surface area contributed by atoms with Crippen LogP contribution in [0, 0.1) is 0 Å². The number of hydrogen-bond donors (Lipinski definition) is 2. The lowest BCUT2D eigenvalue weighted by atomic mass is 10.0. The van der Waals surface area contributed by atoms with Crippen molar-refractivity contribution in [2.24, 2.45) is 0 Å². The van der Waals surface area contributed by atoms with Crippen LogP contribution in [0.3, 0.4) is 0 Å². The zero-order chi connectivity index (χ0) is 17.6. The fourth-order valence-electron chi connectivity index (χ4n) is 3.00. The van der Waals surface area contributed by atoms with E-state index in [-0.39, 0.29) is 6.10 Å². The first-order chi connectivity index (χ1) is 10.9. The Kier molecular flexibility index (Phi) is 14.2. The van der Waals surface area contributed by atoms with Crippen molar-refractivity contribution < 1.29 is 18.1 Å². The van der Waals surface area contributed by atoms with Crippen LogP contribution in [-0.4, -0.2) is 29.4 Å². The molecule has 4 nitrogen and oxygen atoms in total. The Hall–Kier alpha value is -0.130. The van der Waals surface area contributed by atoms with Gasteiger partial charge in [0.1, 0.15) is 0 Å². The lowest BCUT2D eigenvalue weighted by Crippen LogP contribution is -2.20. The van der Waals surface area contributed by atoms with Crippen LogP contribution >= 0.6 is 0 Å². The summed E-state index contributed by atoms with van der Waals surface area (Å²) in [5.74, 6) is 0. The molecule has 0 rings (SSSR count). The molecule has 2 N–H and O–H groups in total. The summed E-state index contributed by atoms with van der Waals surface area (Å²) in [6, 6.07) is 0. The molecule has 0 aliphatic carbocycles. The fraction of sp³-hybridized carbons (Fsp3) is 1.00. The zero-order valence-electron chi connectivity index (χ0n) is 15.2. The predicted octanol–water partition coefficient (Wildman–Crippen LogP) is 5.10. The van der Waals surface area contributed by atoms with Crippen molar-refractivity contribution >= 4 is 10.1 Å². The summed E-state index contributed by atoms with van der Waals surface area (Å²) < 4.78 is 31.6. The topological polar surface area (TPSA) is 74.6 Å². The minimum absolute atomic E-state index is 0.214. The summed E-state index contributed by atoms with van der Waals surface area (Å²) in [4.78, 5) is 0. The molecule has 0 aliphatic heterocycles. The molecule has 0 saturated carbocycles. The summed E-state index contributed by atoms with van der Waals surface area (Å²) in [6.07, 6.45) is 13.4. The maximum Gasteiger partial charge on any atom is 0.267 e. The Morgan fingerprint density at radius 2 is 1.17 bits per heavy atom. The van der Waals surface area contributed by atoms with Gasteiger partial charge in [0.25, 0.3) is 10.1 Å². The van der Waals surface area contributed by atoms with E-state index >= 15 is 0 Å². The van der Waals surface area contributed by atoms with E-state index in [1.54, 1.807) is 0 Å². The summed E-state index contributed by atoms with van der Waals surface area (Å²) >= 11 is 0. The van der Waals surface area contributed by atoms with E-state index in [2.05, 4.69) is 6.92 Å². The largest absolute Gasteiger partial charge is 0.393 e. The van der Waals surface area contributed by atoms with Crippen molar-refractivity contribution in [3.05, 3.63) is 0 Å². The molecule has 2 atom stereocenters. The Morgan fingerprint density at radius 1 is 0.696 bits per heavy atom. The van der Waals surface area contributed by atoms with E-state index in [4.69, 9.17) is 4.55 Å². The van der Waals surface area contributed by atoms with Crippen LogP contribution in [-0.2, 0) is 10.1 Å². The number of unbranched alkanes of at least 4 members (excludes halogenated alkanes) is 7. The van der Waals surface area contributed by atoms with Gasteiger partial charge in [0.05, 0.1) is 11.4 Å². The molecular weight excluding hydrogens is 312 g/mol. The van der Waals surface area contributed by atoms with Gasteiger partial charge < -0.3 is 5.11 Å². The third-order valence-corrected chi connectivity index (χ3v) is 5.80. The first-order valence-electron chi connectivity index (χ1n) is 9.56. The first-order valence-corrected chi connectivity index (χ1v) is 11.1. The fourth-order valence-corrected chi connectivity index (χ4v) is 4.00. The van der Waals surface area contributed by atoms with E-state index in [9.17, 15) is 13.5 Å². The van der Waals surface area contributed by atoms with Gasteiger partial charge in [-0.25, -0.2) is 0 Å². The minimum atomic E-state index is -3.90. The molecule has 0 amide bonds. The Labute approximate surface area is 143 Å². The summed E-state index contributed by atoms with van der Waals surface area (Å²) in [5.41, 5.74) is 0. The molecule has 0 bridgehead atoms. The zero-order valence-corrected chi connectivity index (χ0v) is 16.0. The van der Waals surface area contributed by atoms with E-state index in [0.717, 1.165) is 44.9 Å². The second-order valence-corrected chi connectivity index (χ2v) is 8.47. The molecular formula is C18H38O4S. The van der Waals surface area contributed by atoms with Crippen LogP contribution in [0.15, 0.2) is 0 Å². The molecule has 0 saturated heterocycles. The number of aliphatic hydroxyl groups excluding tert-OH is 1. The molecule has 0 spiro atoms. The Bertz CT molecular complexity index is 354. The predicted molar refractivity (Wildman–Crippen MR) is 97.3 cm³/mol. The molecule has 0 aromatic carbocycles. The molecule has 0 fully saturated rings. The molecule has 0 heterocycles. The molecule has 0 radical (unpaired) electrons. The van der Waals surface area contributed by atoms with Crippen LogP contribution in [0.25, 0.3) is 0 Å². The molecule has 0 aliphatic rings. The lowest BCUT2D eigenvalue weighted by Gasteiger charge is -2.13. The van der Waals surface area contributed by atoms with Gasteiger partial charge in [-0.15, -0.1) is 0 Å². The minimum Gasteiger partial charge on any atom is -0.393 e. The monoisotopic (exact) mass is 350 g/mol. The van der Waals surface area contributed by atoms with Gasteiger partial charge in [0, 0.05) is 0 Å². The Morgan fingerprint density at radius 3 is 1.70 bits per heavy atom. The van der Waals surface area contributed by atoms with E-state index in [1.165, 1.54) is 32.1 Å². The third-order valence-electron chi connectivity index (χ3n) is 4.49. The highest BCUT2D eigenvalue weighted by molar-refractivity contribution is 7.86. The van der Waals surface area contributed by atoms with Gasteiger partial charge >= 0.3 is 0 Å². The van der Waals surface area contributed by atoms with Crippen molar-refractivity contribution in [3.63, 3.8) is 0 Å². The summed E-state index contributed by atoms with van der Waals surface area (Å²) in [7, 11) is -3.90. The van der Waals surface area contributed by atoms with Crippen molar-refractivity contribution in [2.75, 3.05) is 0 Å². The Balaban J connectivity index is 3.59. The second-order valence-electron chi connectivity index (χ2n) is 6.77. The second kappa shape index (κ2) is 14.2. The van der Waals surface area contributed by atoms with Gasteiger partial charge in [-0.2, -0.15) is 8.42 Å². The highest BCUT2D eigenvalue weighted by Crippen LogP contribution is 2.17. The standard InChI is InChI=1S/C18H38O4S/c1-3-5-6-7-8-10-14-17(19)15-11-9-12-16-18(13-4-2)23(20,21)22/h17-19H,3-16H2,1-2H3,(H,20,21,22). The first kappa shape index (κ1) is 22.9. The number of aliphatic hydroxyl groups is 1. The van der Waals surface area contributed by atoms with Gasteiger partial charge in [-0.3, -0.25) is 4.55 Å². The SMILES string of the molecule is CCCCCCCCC(O)CCCCCC(CCC)S(=O)(=O)O.